The molecule has 0 spiro atoms. The van der Waals surface area contributed by atoms with Crippen molar-refractivity contribution in [2.24, 2.45) is 11.1 Å². The molecule has 0 bridgehead atoms. The summed E-state index contributed by atoms with van der Waals surface area (Å²) in [6.45, 7) is 2.76. The number of nitrogens with two attached hydrogens (primary N) is 1. The lowest BCUT2D eigenvalue weighted by atomic mass is 10.1. The number of aryl methyl sites for hydroxylation is 1. The quantitative estimate of drug-likeness (QED) is 0.834. The van der Waals surface area contributed by atoms with Crippen LogP contribution in [0.3, 0.4) is 0 Å². The van der Waals surface area contributed by atoms with Gasteiger partial charge in [-0.3, -0.25) is 4.79 Å². The van der Waals surface area contributed by atoms with Gasteiger partial charge in [0.25, 0.3) is 5.91 Å². The first-order chi connectivity index (χ1) is 8.08. The summed E-state index contributed by atoms with van der Waals surface area (Å²) in [5.74, 6) is -0.798. The van der Waals surface area contributed by atoms with Crippen LogP contribution in [0, 0.1) is 18.2 Å². The van der Waals surface area contributed by atoms with Gasteiger partial charge in [0.05, 0.1) is 5.56 Å². The highest BCUT2D eigenvalue weighted by Gasteiger charge is 2.41. The van der Waals surface area contributed by atoms with E-state index >= 15 is 0 Å². The summed E-state index contributed by atoms with van der Waals surface area (Å²) in [6, 6.07) is 4.83. The average molecular weight is 236 g/mol. The minimum atomic E-state index is -0.442. The Bertz CT molecular complexity index is 441. The van der Waals surface area contributed by atoms with Gasteiger partial charge in [0.2, 0.25) is 0 Å². The van der Waals surface area contributed by atoms with Crippen LogP contribution in [-0.2, 0) is 0 Å². The zero-order valence-corrected chi connectivity index (χ0v) is 9.92. The second-order valence-corrected chi connectivity index (χ2v) is 4.82. The molecule has 0 aliphatic heterocycles. The fourth-order valence-electron chi connectivity index (χ4n) is 1.82. The van der Waals surface area contributed by atoms with E-state index in [0.717, 1.165) is 12.8 Å². The average Bonchev–Trinajstić information content (AvgIpc) is 3.10. The van der Waals surface area contributed by atoms with Crippen LogP contribution in [0.15, 0.2) is 18.2 Å². The standard InChI is InChI=1S/C13H17FN2O/c1-9-3-2-4-10(11(9)14)12(17)16-8-13(7-15)5-6-13/h2-4H,5-8,15H2,1H3,(H,16,17). The van der Waals surface area contributed by atoms with Gasteiger partial charge in [-0.15, -0.1) is 0 Å². The van der Waals surface area contributed by atoms with Crippen LogP contribution in [0.1, 0.15) is 28.8 Å². The lowest BCUT2D eigenvalue weighted by Crippen LogP contribution is -2.34. The van der Waals surface area contributed by atoms with Crippen LogP contribution in [0.25, 0.3) is 0 Å². The largest absolute Gasteiger partial charge is 0.351 e. The second kappa shape index (κ2) is 4.45. The van der Waals surface area contributed by atoms with Gasteiger partial charge >= 0.3 is 0 Å². The number of rotatable bonds is 4. The molecule has 1 amide bonds. The third kappa shape index (κ3) is 2.47. The molecule has 1 aromatic rings. The number of amides is 1. The van der Waals surface area contributed by atoms with Gasteiger partial charge in [-0.2, -0.15) is 0 Å². The molecular weight excluding hydrogens is 219 g/mol. The third-order valence-corrected chi connectivity index (χ3v) is 3.45. The highest BCUT2D eigenvalue weighted by Crippen LogP contribution is 2.43. The maximum absolute atomic E-state index is 13.7. The smallest absolute Gasteiger partial charge is 0.254 e. The molecule has 0 unspecified atom stereocenters. The van der Waals surface area contributed by atoms with Gasteiger partial charge in [-0.1, -0.05) is 12.1 Å². The van der Waals surface area contributed by atoms with E-state index in [9.17, 15) is 9.18 Å². The van der Waals surface area contributed by atoms with Crippen LogP contribution in [0.5, 0.6) is 0 Å². The van der Waals surface area contributed by atoms with Crippen molar-refractivity contribution in [1.82, 2.24) is 5.32 Å². The molecule has 3 nitrogen and oxygen atoms in total. The lowest BCUT2D eigenvalue weighted by molar-refractivity contribution is 0.0941. The zero-order chi connectivity index (χ0) is 12.5. The molecule has 0 atom stereocenters. The summed E-state index contributed by atoms with van der Waals surface area (Å²) >= 11 is 0. The lowest BCUT2D eigenvalue weighted by Gasteiger charge is -2.13. The molecular formula is C13H17FN2O. The molecule has 1 saturated carbocycles. The fraction of sp³-hybridized carbons (Fsp3) is 0.462. The predicted octanol–water partition coefficient (Wildman–Crippen LogP) is 1.60. The molecule has 1 aliphatic rings. The second-order valence-electron chi connectivity index (χ2n) is 4.82. The normalized spacial score (nSPS) is 16.6. The summed E-state index contributed by atoms with van der Waals surface area (Å²) in [5.41, 5.74) is 6.28. The van der Waals surface area contributed by atoms with E-state index in [4.69, 9.17) is 5.73 Å². The Kier molecular flexibility index (Phi) is 3.15. The van der Waals surface area contributed by atoms with Crippen molar-refractivity contribution in [3.05, 3.63) is 35.1 Å². The summed E-state index contributed by atoms with van der Waals surface area (Å²) in [6.07, 6.45) is 2.08. The van der Waals surface area contributed by atoms with Crippen molar-refractivity contribution in [1.29, 1.82) is 0 Å². The Morgan fingerprint density at radius 2 is 2.24 bits per heavy atom. The van der Waals surface area contributed by atoms with E-state index < -0.39 is 5.82 Å². The van der Waals surface area contributed by atoms with Gasteiger partial charge < -0.3 is 11.1 Å². The van der Waals surface area contributed by atoms with Crippen molar-refractivity contribution < 1.29 is 9.18 Å². The van der Waals surface area contributed by atoms with Crippen LogP contribution < -0.4 is 11.1 Å². The molecule has 0 heterocycles. The molecule has 0 aromatic heterocycles. The van der Waals surface area contributed by atoms with E-state index in [1.807, 2.05) is 0 Å². The molecule has 92 valence electrons. The first-order valence-corrected chi connectivity index (χ1v) is 5.81. The SMILES string of the molecule is Cc1cccc(C(=O)NCC2(CN)CC2)c1F. The Hall–Kier alpha value is -1.42. The first-order valence-electron chi connectivity index (χ1n) is 5.81. The van der Waals surface area contributed by atoms with Gasteiger partial charge in [0.1, 0.15) is 5.82 Å². The molecule has 2 rings (SSSR count). The van der Waals surface area contributed by atoms with Crippen LogP contribution in [0.4, 0.5) is 4.39 Å². The fourth-order valence-corrected chi connectivity index (χ4v) is 1.82. The maximum Gasteiger partial charge on any atom is 0.254 e. The molecule has 3 N–H and O–H groups in total. The zero-order valence-electron chi connectivity index (χ0n) is 9.92. The van der Waals surface area contributed by atoms with E-state index in [-0.39, 0.29) is 16.9 Å². The molecule has 1 aromatic carbocycles. The van der Waals surface area contributed by atoms with Crippen molar-refractivity contribution in [3.8, 4) is 0 Å². The number of carbonyl (C=O) groups excluding carboxylic acids is 1. The summed E-state index contributed by atoms with van der Waals surface area (Å²) in [7, 11) is 0. The van der Waals surface area contributed by atoms with E-state index in [1.165, 1.54) is 6.07 Å². The van der Waals surface area contributed by atoms with Gasteiger partial charge in [-0.25, -0.2) is 4.39 Å². The number of nitrogens with one attached hydrogen (secondary N) is 1. The van der Waals surface area contributed by atoms with E-state index in [2.05, 4.69) is 5.32 Å². The minimum Gasteiger partial charge on any atom is -0.351 e. The maximum atomic E-state index is 13.7. The Balaban J connectivity index is 2.02. The van der Waals surface area contributed by atoms with Crippen molar-refractivity contribution in [2.45, 2.75) is 19.8 Å². The number of halogens is 1. The van der Waals surface area contributed by atoms with Crippen LogP contribution in [-0.4, -0.2) is 19.0 Å². The van der Waals surface area contributed by atoms with Gasteiger partial charge in [-0.05, 0) is 37.9 Å². The molecule has 17 heavy (non-hydrogen) atoms. The monoisotopic (exact) mass is 236 g/mol. The summed E-state index contributed by atoms with van der Waals surface area (Å²) in [5, 5.41) is 2.76. The van der Waals surface area contributed by atoms with E-state index in [0.29, 0.717) is 18.7 Å². The van der Waals surface area contributed by atoms with Crippen molar-refractivity contribution >= 4 is 5.91 Å². The molecule has 4 heteroatoms. The van der Waals surface area contributed by atoms with Gasteiger partial charge in [0.15, 0.2) is 0 Å². The summed E-state index contributed by atoms with van der Waals surface area (Å²) < 4.78 is 13.7. The van der Waals surface area contributed by atoms with Crippen molar-refractivity contribution in [3.63, 3.8) is 0 Å². The van der Waals surface area contributed by atoms with Crippen LogP contribution >= 0.6 is 0 Å². The highest BCUT2D eigenvalue weighted by atomic mass is 19.1. The number of carbonyl (C=O) groups is 1. The predicted molar refractivity (Wildman–Crippen MR) is 64.2 cm³/mol. The third-order valence-electron chi connectivity index (χ3n) is 3.45. The van der Waals surface area contributed by atoms with Gasteiger partial charge in [0, 0.05) is 12.0 Å². The van der Waals surface area contributed by atoms with E-state index in [1.54, 1.807) is 19.1 Å². The molecule has 1 fully saturated rings. The number of hydrogen-bond donors (Lipinski definition) is 2. The molecule has 1 aliphatic carbocycles. The van der Waals surface area contributed by atoms with Crippen LogP contribution in [0.2, 0.25) is 0 Å². The first kappa shape index (κ1) is 12.0. The molecule has 0 saturated heterocycles. The van der Waals surface area contributed by atoms with Crippen molar-refractivity contribution in [2.75, 3.05) is 13.1 Å². The Morgan fingerprint density at radius 1 is 1.53 bits per heavy atom. The Labute approximate surface area is 100 Å². The topological polar surface area (TPSA) is 55.1 Å². The highest BCUT2D eigenvalue weighted by molar-refractivity contribution is 5.94. The molecule has 0 radical (unpaired) electrons. The Morgan fingerprint density at radius 3 is 2.82 bits per heavy atom. The number of hydrogen-bond acceptors (Lipinski definition) is 2. The minimum absolute atomic E-state index is 0.0654. The number of benzene rings is 1. The summed E-state index contributed by atoms with van der Waals surface area (Å²) in [4.78, 5) is 11.8.